The molecular weight excluding hydrogens is 300 g/mol. The van der Waals surface area contributed by atoms with Gasteiger partial charge in [-0.15, -0.1) is 0 Å². The molecule has 1 N–H and O–H groups in total. The highest BCUT2D eigenvalue weighted by molar-refractivity contribution is 5.76. The summed E-state index contributed by atoms with van der Waals surface area (Å²) in [5.41, 5.74) is 0. The van der Waals surface area contributed by atoms with Crippen molar-refractivity contribution in [1.29, 1.82) is 0 Å². The zero-order chi connectivity index (χ0) is 16.9. The Balaban J connectivity index is 1.35. The average molecular weight is 337 g/mol. The lowest BCUT2D eigenvalue weighted by molar-refractivity contribution is -0.134. The SMILES string of the molecule is CC1CCC(C)N1CCN1CCN(C(=O)CC2CCNCC2)CC1. The normalized spacial score (nSPS) is 30.8. The van der Waals surface area contributed by atoms with E-state index in [1.165, 1.54) is 19.4 Å². The number of carbonyl (C=O) groups is 1. The number of likely N-dealkylation sites (tertiary alicyclic amines) is 1. The van der Waals surface area contributed by atoms with Gasteiger partial charge < -0.3 is 10.2 Å². The van der Waals surface area contributed by atoms with Crippen molar-refractivity contribution in [3.8, 4) is 0 Å². The molecule has 0 aliphatic carbocycles. The summed E-state index contributed by atoms with van der Waals surface area (Å²) in [7, 11) is 0. The van der Waals surface area contributed by atoms with Crippen molar-refractivity contribution in [2.45, 2.75) is 58.0 Å². The molecule has 138 valence electrons. The van der Waals surface area contributed by atoms with Gasteiger partial charge in [-0.3, -0.25) is 14.6 Å². The van der Waals surface area contributed by atoms with Crippen molar-refractivity contribution in [2.24, 2.45) is 5.92 Å². The van der Waals surface area contributed by atoms with Crippen molar-refractivity contribution in [3.05, 3.63) is 0 Å². The molecule has 2 unspecified atom stereocenters. The Morgan fingerprint density at radius 3 is 2.17 bits per heavy atom. The van der Waals surface area contributed by atoms with Crippen LogP contribution in [0.5, 0.6) is 0 Å². The molecule has 0 bridgehead atoms. The van der Waals surface area contributed by atoms with Crippen molar-refractivity contribution in [3.63, 3.8) is 0 Å². The third-order valence-electron chi connectivity index (χ3n) is 6.46. The molecule has 0 aromatic carbocycles. The van der Waals surface area contributed by atoms with Gasteiger partial charge in [-0.2, -0.15) is 0 Å². The van der Waals surface area contributed by atoms with E-state index in [1.54, 1.807) is 0 Å². The molecule has 2 atom stereocenters. The van der Waals surface area contributed by atoms with Crippen LogP contribution in [-0.4, -0.2) is 85.0 Å². The number of amides is 1. The Hall–Kier alpha value is -0.650. The lowest BCUT2D eigenvalue weighted by atomic mass is 9.94. The fourth-order valence-corrected chi connectivity index (χ4v) is 4.63. The number of piperidine rings is 1. The summed E-state index contributed by atoms with van der Waals surface area (Å²) in [6.07, 6.45) is 5.79. The van der Waals surface area contributed by atoms with Crippen LogP contribution in [-0.2, 0) is 4.79 Å². The third-order valence-corrected chi connectivity index (χ3v) is 6.46. The zero-order valence-electron chi connectivity index (χ0n) is 15.7. The molecule has 5 nitrogen and oxygen atoms in total. The predicted octanol–water partition coefficient (Wildman–Crippen LogP) is 1.39. The van der Waals surface area contributed by atoms with E-state index in [9.17, 15) is 4.79 Å². The second-order valence-corrected chi connectivity index (χ2v) is 8.13. The van der Waals surface area contributed by atoms with Gasteiger partial charge in [-0.25, -0.2) is 0 Å². The summed E-state index contributed by atoms with van der Waals surface area (Å²) in [6, 6.07) is 1.49. The molecule has 3 saturated heterocycles. The highest BCUT2D eigenvalue weighted by Gasteiger charge is 2.28. The van der Waals surface area contributed by atoms with Crippen LogP contribution in [0.2, 0.25) is 0 Å². The maximum atomic E-state index is 12.5. The number of hydrogen-bond donors (Lipinski definition) is 1. The molecule has 3 fully saturated rings. The van der Waals surface area contributed by atoms with Crippen LogP contribution in [0.15, 0.2) is 0 Å². The van der Waals surface area contributed by atoms with E-state index in [2.05, 4.69) is 33.9 Å². The van der Waals surface area contributed by atoms with Crippen molar-refractivity contribution < 1.29 is 4.79 Å². The van der Waals surface area contributed by atoms with Crippen molar-refractivity contribution >= 4 is 5.91 Å². The topological polar surface area (TPSA) is 38.8 Å². The number of nitrogens with one attached hydrogen (secondary N) is 1. The molecule has 0 aromatic rings. The molecule has 0 aromatic heterocycles. The lowest BCUT2D eigenvalue weighted by Gasteiger charge is -2.37. The first-order valence-corrected chi connectivity index (χ1v) is 10.1. The van der Waals surface area contributed by atoms with Gasteiger partial charge in [0.15, 0.2) is 0 Å². The number of piperazine rings is 1. The van der Waals surface area contributed by atoms with Crippen LogP contribution >= 0.6 is 0 Å². The Morgan fingerprint density at radius 2 is 1.54 bits per heavy atom. The molecule has 3 aliphatic rings. The van der Waals surface area contributed by atoms with Crippen LogP contribution in [0.4, 0.5) is 0 Å². The molecule has 0 spiro atoms. The van der Waals surface area contributed by atoms with Crippen LogP contribution in [0.3, 0.4) is 0 Å². The van der Waals surface area contributed by atoms with Crippen LogP contribution in [0.1, 0.15) is 46.0 Å². The minimum absolute atomic E-state index is 0.392. The van der Waals surface area contributed by atoms with E-state index < -0.39 is 0 Å². The number of nitrogens with zero attached hydrogens (tertiary/aromatic N) is 3. The van der Waals surface area contributed by atoms with E-state index >= 15 is 0 Å². The van der Waals surface area contributed by atoms with Gasteiger partial charge >= 0.3 is 0 Å². The van der Waals surface area contributed by atoms with Crippen LogP contribution < -0.4 is 5.32 Å². The maximum absolute atomic E-state index is 12.5. The first-order chi connectivity index (χ1) is 11.6. The minimum Gasteiger partial charge on any atom is -0.340 e. The molecule has 5 heteroatoms. The smallest absolute Gasteiger partial charge is 0.222 e. The highest BCUT2D eigenvalue weighted by atomic mass is 16.2. The van der Waals surface area contributed by atoms with E-state index in [0.717, 1.165) is 77.2 Å². The summed E-state index contributed by atoms with van der Waals surface area (Å²) in [6.45, 7) is 13.2. The van der Waals surface area contributed by atoms with Gasteiger partial charge in [0.1, 0.15) is 0 Å². The summed E-state index contributed by atoms with van der Waals surface area (Å²) >= 11 is 0. The van der Waals surface area contributed by atoms with E-state index in [1.807, 2.05) is 0 Å². The molecular formula is C19H36N4O. The van der Waals surface area contributed by atoms with Gasteiger partial charge in [-0.05, 0) is 58.5 Å². The standard InChI is InChI=1S/C19H36N4O/c1-16-3-4-17(2)23(16)14-11-21-9-12-22(13-10-21)19(24)15-18-5-7-20-8-6-18/h16-18,20H,3-15H2,1-2H3. The monoisotopic (exact) mass is 336 g/mol. The lowest BCUT2D eigenvalue weighted by Crippen LogP contribution is -2.51. The molecule has 3 aliphatic heterocycles. The van der Waals surface area contributed by atoms with E-state index in [0.29, 0.717) is 11.8 Å². The van der Waals surface area contributed by atoms with E-state index in [-0.39, 0.29) is 0 Å². The zero-order valence-corrected chi connectivity index (χ0v) is 15.7. The van der Waals surface area contributed by atoms with Gasteiger partial charge in [0, 0.05) is 57.8 Å². The average Bonchev–Trinajstić information content (AvgIpc) is 2.92. The second kappa shape index (κ2) is 8.63. The predicted molar refractivity (Wildman–Crippen MR) is 98.1 cm³/mol. The van der Waals surface area contributed by atoms with Gasteiger partial charge in [-0.1, -0.05) is 0 Å². The largest absolute Gasteiger partial charge is 0.340 e. The van der Waals surface area contributed by atoms with Gasteiger partial charge in [0.05, 0.1) is 0 Å². The molecule has 24 heavy (non-hydrogen) atoms. The van der Waals surface area contributed by atoms with Crippen LogP contribution in [0, 0.1) is 5.92 Å². The number of carbonyl (C=O) groups excluding carboxylic acids is 1. The summed E-state index contributed by atoms with van der Waals surface area (Å²) in [5, 5.41) is 3.38. The fourth-order valence-electron chi connectivity index (χ4n) is 4.63. The quantitative estimate of drug-likeness (QED) is 0.824. The first-order valence-electron chi connectivity index (χ1n) is 10.1. The fraction of sp³-hybridized carbons (Fsp3) is 0.947. The Bertz CT molecular complexity index is 392. The Kier molecular flexibility index (Phi) is 6.53. The van der Waals surface area contributed by atoms with Crippen molar-refractivity contribution in [2.75, 3.05) is 52.4 Å². The summed E-state index contributed by atoms with van der Waals surface area (Å²) in [5.74, 6) is 0.998. The Morgan fingerprint density at radius 1 is 0.917 bits per heavy atom. The molecule has 3 heterocycles. The number of hydrogen-bond acceptors (Lipinski definition) is 4. The summed E-state index contributed by atoms with van der Waals surface area (Å²) < 4.78 is 0. The first kappa shape index (κ1) is 18.2. The highest BCUT2D eigenvalue weighted by Crippen LogP contribution is 2.23. The van der Waals surface area contributed by atoms with Gasteiger partial charge in [0.25, 0.3) is 0 Å². The minimum atomic E-state index is 0.392. The molecule has 0 saturated carbocycles. The molecule has 3 rings (SSSR count). The molecule has 1 amide bonds. The van der Waals surface area contributed by atoms with Gasteiger partial charge in [0.2, 0.25) is 5.91 Å². The van der Waals surface area contributed by atoms with Crippen molar-refractivity contribution in [1.82, 2.24) is 20.0 Å². The van der Waals surface area contributed by atoms with E-state index in [4.69, 9.17) is 0 Å². The maximum Gasteiger partial charge on any atom is 0.222 e. The number of rotatable bonds is 5. The second-order valence-electron chi connectivity index (χ2n) is 8.13. The Labute approximate surface area is 147 Å². The van der Waals surface area contributed by atoms with Crippen LogP contribution in [0.25, 0.3) is 0 Å². The summed E-state index contributed by atoms with van der Waals surface area (Å²) in [4.78, 5) is 19.8. The molecule has 0 radical (unpaired) electrons. The third kappa shape index (κ3) is 4.70.